The minimum atomic E-state index is -0.145. The predicted octanol–water partition coefficient (Wildman–Crippen LogP) is 2.54. The summed E-state index contributed by atoms with van der Waals surface area (Å²) in [6.45, 7) is 6.14. The van der Waals surface area contributed by atoms with Crippen molar-refractivity contribution in [3.05, 3.63) is 34.9 Å². The highest BCUT2D eigenvalue weighted by atomic mass is 16.2. The van der Waals surface area contributed by atoms with Crippen LogP contribution in [-0.4, -0.2) is 24.4 Å². The number of benzene rings is 1. The van der Waals surface area contributed by atoms with Crippen LogP contribution in [0.25, 0.3) is 0 Å². The molecule has 0 saturated carbocycles. The van der Waals surface area contributed by atoms with Gasteiger partial charge in [0.1, 0.15) is 0 Å². The number of nitriles is 1. The van der Waals surface area contributed by atoms with Gasteiger partial charge in [0.15, 0.2) is 0 Å². The van der Waals surface area contributed by atoms with Crippen molar-refractivity contribution in [2.24, 2.45) is 5.92 Å². The van der Waals surface area contributed by atoms with Crippen molar-refractivity contribution < 1.29 is 4.79 Å². The Balaban J connectivity index is 2.94. The summed E-state index contributed by atoms with van der Waals surface area (Å²) in [5.74, 6) is -0.157. The van der Waals surface area contributed by atoms with Gasteiger partial charge in [0, 0.05) is 19.2 Å². The molecule has 0 heterocycles. The average Bonchev–Trinajstić information content (AvgIpc) is 2.28. The van der Waals surface area contributed by atoms with Crippen LogP contribution in [0.2, 0.25) is 0 Å². The molecule has 3 nitrogen and oxygen atoms in total. The number of carbonyl (C=O) groups excluding carboxylic acids is 1. The van der Waals surface area contributed by atoms with E-state index in [0.29, 0.717) is 6.54 Å². The van der Waals surface area contributed by atoms with Gasteiger partial charge in [-0.2, -0.15) is 5.26 Å². The molecule has 1 aromatic carbocycles. The monoisotopic (exact) mass is 230 g/mol. The minimum Gasteiger partial charge on any atom is -0.340 e. The van der Waals surface area contributed by atoms with Crippen molar-refractivity contribution in [3.8, 4) is 6.07 Å². The summed E-state index contributed by atoms with van der Waals surface area (Å²) < 4.78 is 0. The summed E-state index contributed by atoms with van der Waals surface area (Å²) >= 11 is 0. The van der Waals surface area contributed by atoms with Crippen molar-refractivity contribution in [1.82, 2.24) is 4.90 Å². The zero-order valence-corrected chi connectivity index (χ0v) is 10.8. The van der Waals surface area contributed by atoms with E-state index in [1.54, 1.807) is 11.9 Å². The van der Waals surface area contributed by atoms with Crippen LogP contribution < -0.4 is 0 Å². The Morgan fingerprint density at radius 3 is 2.41 bits per heavy atom. The van der Waals surface area contributed by atoms with Gasteiger partial charge < -0.3 is 4.90 Å². The Labute approximate surface area is 103 Å². The smallest absolute Gasteiger partial charge is 0.254 e. The molecule has 90 valence electrons. The average molecular weight is 230 g/mol. The van der Waals surface area contributed by atoms with E-state index in [9.17, 15) is 4.79 Å². The summed E-state index contributed by atoms with van der Waals surface area (Å²) in [6.07, 6.45) is 0. The molecular weight excluding hydrogens is 212 g/mol. The summed E-state index contributed by atoms with van der Waals surface area (Å²) in [6, 6.07) is 7.95. The summed E-state index contributed by atoms with van der Waals surface area (Å²) in [5.41, 5.74) is 2.71. The van der Waals surface area contributed by atoms with Gasteiger partial charge >= 0.3 is 0 Å². The number of hydrogen-bond acceptors (Lipinski definition) is 2. The van der Waals surface area contributed by atoms with E-state index in [1.807, 2.05) is 39.0 Å². The molecule has 0 bridgehead atoms. The predicted molar refractivity (Wildman–Crippen MR) is 67.7 cm³/mol. The number of hydrogen-bond donors (Lipinski definition) is 0. The third-order valence-electron chi connectivity index (χ3n) is 2.81. The van der Waals surface area contributed by atoms with Crippen LogP contribution in [-0.2, 0) is 0 Å². The van der Waals surface area contributed by atoms with Gasteiger partial charge in [-0.1, -0.05) is 18.2 Å². The number of rotatable bonds is 3. The first kappa shape index (κ1) is 13.2. The van der Waals surface area contributed by atoms with Crippen LogP contribution >= 0.6 is 0 Å². The second-order valence-electron chi connectivity index (χ2n) is 4.48. The normalized spacial score (nSPS) is 11.7. The molecule has 1 atom stereocenters. The van der Waals surface area contributed by atoms with Gasteiger partial charge in [0.2, 0.25) is 0 Å². The fourth-order valence-electron chi connectivity index (χ4n) is 1.88. The van der Waals surface area contributed by atoms with Crippen LogP contribution in [0.5, 0.6) is 0 Å². The maximum Gasteiger partial charge on any atom is 0.254 e. The van der Waals surface area contributed by atoms with Crippen LogP contribution in [0, 0.1) is 31.1 Å². The molecule has 0 aromatic heterocycles. The van der Waals surface area contributed by atoms with Gasteiger partial charge in [-0.15, -0.1) is 0 Å². The molecule has 0 N–H and O–H groups in total. The van der Waals surface area contributed by atoms with E-state index in [1.165, 1.54) is 0 Å². The molecule has 17 heavy (non-hydrogen) atoms. The van der Waals surface area contributed by atoms with Gasteiger partial charge in [-0.05, 0) is 31.9 Å². The van der Waals surface area contributed by atoms with E-state index >= 15 is 0 Å². The van der Waals surface area contributed by atoms with E-state index in [4.69, 9.17) is 5.26 Å². The maximum absolute atomic E-state index is 12.3. The van der Waals surface area contributed by atoms with E-state index < -0.39 is 0 Å². The van der Waals surface area contributed by atoms with Crippen molar-refractivity contribution in [3.63, 3.8) is 0 Å². The standard InChI is InChI=1S/C14H18N2O/c1-10(8-15)9-16(4)14(17)13-11(2)6-5-7-12(13)3/h5-7,10H,9H2,1-4H3. The van der Waals surface area contributed by atoms with Crippen LogP contribution in [0.1, 0.15) is 28.4 Å². The number of nitrogens with zero attached hydrogens (tertiary/aromatic N) is 2. The van der Waals surface area contributed by atoms with Gasteiger partial charge in [0.25, 0.3) is 5.91 Å². The molecular formula is C14H18N2O. The first-order valence-corrected chi connectivity index (χ1v) is 5.68. The molecule has 1 unspecified atom stereocenters. The van der Waals surface area contributed by atoms with Crippen molar-refractivity contribution in [2.75, 3.05) is 13.6 Å². The highest BCUT2D eigenvalue weighted by Gasteiger charge is 2.17. The topological polar surface area (TPSA) is 44.1 Å². The number of carbonyl (C=O) groups is 1. The summed E-state index contributed by atoms with van der Waals surface area (Å²) in [7, 11) is 1.74. The lowest BCUT2D eigenvalue weighted by Gasteiger charge is -2.20. The van der Waals surface area contributed by atoms with Crippen molar-refractivity contribution in [2.45, 2.75) is 20.8 Å². The van der Waals surface area contributed by atoms with Crippen molar-refractivity contribution >= 4 is 5.91 Å². The third-order valence-corrected chi connectivity index (χ3v) is 2.81. The van der Waals surface area contributed by atoms with Crippen LogP contribution in [0.4, 0.5) is 0 Å². The van der Waals surface area contributed by atoms with Crippen LogP contribution in [0.3, 0.4) is 0 Å². The Morgan fingerprint density at radius 1 is 1.41 bits per heavy atom. The second-order valence-corrected chi connectivity index (χ2v) is 4.48. The first-order chi connectivity index (χ1) is 7.97. The summed E-state index contributed by atoms with van der Waals surface area (Å²) in [4.78, 5) is 13.9. The molecule has 0 aliphatic rings. The molecule has 1 aromatic rings. The lowest BCUT2D eigenvalue weighted by molar-refractivity contribution is 0.0783. The molecule has 1 rings (SSSR count). The van der Waals surface area contributed by atoms with E-state index in [0.717, 1.165) is 16.7 Å². The lowest BCUT2D eigenvalue weighted by Crippen LogP contribution is -2.31. The molecule has 1 amide bonds. The highest BCUT2D eigenvalue weighted by Crippen LogP contribution is 2.15. The number of aryl methyl sites for hydroxylation is 2. The molecule has 0 fully saturated rings. The number of amides is 1. The fraction of sp³-hybridized carbons (Fsp3) is 0.429. The van der Waals surface area contributed by atoms with E-state index in [-0.39, 0.29) is 11.8 Å². The maximum atomic E-state index is 12.3. The molecule has 0 spiro atoms. The van der Waals surface area contributed by atoms with Gasteiger partial charge in [0.05, 0.1) is 12.0 Å². The third kappa shape index (κ3) is 3.07. The molecule has 0 aliphatic heterocycles. The lowest BCUT2D eigenvalue weighted by atomic mass is 10.0. The van der Waals surface area contributed by atoms with E-state index in [2.05, 4.69) is 6.07 Å². The Morgan fingerprint density at radius 2 is 1.94 bits per heavy atom. The first-order valence-electron chi connectivity index (χ1n) is 5.68. The van der Waals surface area contributed by atoms with Gasteiger partial charge in [-0.3, -0.25) is 4.79 Å². The van der Waals surface area contributed by atoms with Crippen molar-refractivity contribution in [1.29, 1.82) is 5.26 Å². The zero-order chi connectivity index (χ0) is 13.0. The molecule has 0 saturated heterocycles. The SMILES string of the molecule is Cc1cccc(C)c1C(=O)N(C)CC(C)C#N. The van der Waals surface area contributed by atoms with Crippen LogP contribution in [0.15, 0.2) is 18.2 Å². The zero-order valence-electron chi connectivity index (χ0n) is 10.8. The largest absolute Gasteiger partial charge is 0.340 e. The Bertz CT molecular complexity index is 440. The second kappa shape index (κ2) is 5.49. The fourth-order valence-corrected chi connectivity index (χ4v) is 1.88. The summed E-state index contributed by atoms with van der Waals surface area (Å²) in [5, 5.41) is 8.76. The Hall–Kier alpha value is -1.82. The minimum absolute atomic E-state index is 0.0114. The quantitative estimate of drug-likeness (QED) is 0.801. The molecule has 3 heteroatoms. The van der Waals surface area contributed by atoms with Gasteiger partial charge in [-0.25, -0.2) is 0 Å². The highest BCUT2D eigenvalue weighted by molar-refractivity contribution is 5.96. The molecule has 0 aliphatic carbocycles. The molecule has 0 radical (unpaired) electrons. The Kier molecular flexibility index (Phi) is 4.28.